The van der Waals surface area contributed by atoms with Gasteiger partial charge in [-0.25, -0.2) is 0 Å². The molecular weight excluding hydrogens is 334 g/mol. The van der Waals surface area contributed by atoms with Gasteiger partial charge in [0.2, 0.25) is 11.8 Å². The third-order valence-corrected chi connectivity index (χ3v) is 4.93. The molecule has 3 rings (SSSR count). The van der Waals surface area contributed by atoms with Gasteiger partial charge in [0, 0.05) is 25.7 Å². The minimum absolute atomic E-state index is 0.00129. The third-order valence-electron chi connectivity index (χ3n) is 4.93. The van der Waals surface area contributed by atoms with Crippen molar-refractivity contribution in [1.29, 1.82) is 0 Å². The van der Waals surface area contributed by atoms with Crippen molar-refractivity contribution in [2.24, 2.45) is 5.92 Å². The van der Waals surface area contributed by atoms with E-state index in [0.717, 1.165) is 25.9 Å². The van der Waals surface area contributed by atoms with Gasteiger partial charge >= 0.3 is 0 Å². The number of ether oxygens (including phenoxy) is 1. The van der Waals surface area contributed by atoms with Gasteiger partial charge < -0.3 is 20.3 Å². The molecule has 2 aliphatic rings. The minimum atomic E-state index is -0.00129. The summed E-state index contributed by atoms with van der Waals surface area (Å²) in [6, 6.07) is 0. The van der Waals surface area contributed by atoms with E-state index in [9.17, 15) is 9.59 Å². The smallest absolute Gasteiger partial charge is 0.244 e. The molecule has 2 aliphatic heterocycles. The summed E-state index contributed by atoms with van der Waals surface area (Å²) >= 11 is 0. The molecule has 3 heterocycles. The van der Waals surface area contributed by atoms with Crippen LogP contribution >= 0.6 is 0 Å². The van der Waals surface area contributed by atoms with E-state index in [1.165, 1.54) is 0 Å². The molecule has 8 heteroatoms. The molecule has 2 amide bonds. The molecule has 0 radical (unpaired) electrons. The van der Waals surface area contributed by atoms with Crippen molar-refractivity contribution >= 4 is 17.5 Å². The van der Waals surface area contributed by atoms with Crippen LogP contribution in [0.25, 0.3) is 0 Å². The van der Waals surface area contributed by atoms with Crippen molar-refractivity contribution in [3.8, 4) is 0 Å². The number of hydrogen-bond donors (Lipinski definition) is 2. The van der Waals surface area contributed by atoms with Crippen LogP contribution in [0.1, 0.15) is 33.1 Å². The second kappa shape index (κ2) is 8.64. The Bertz CT molecular complexity index is 616. The van der Waals surface area contributed by atoms with Gasteiger partial charge in [-0.15, -0.1) is 0 Å². The highest BCUT2D eigenvalue weighted by Crippen LogP contribution is 2.15. The van der Waals surface area contributed by atoms with Crippen molar-refractivity contribution in [1.82, 2.24) is 20.0 Å². The molecule has 144 valence electrons. The van der Waals surface area contributed by atoms with Crippen molar-refractivity contribution in [3.63, 3.8) is 0 Å². The van der Waals surface area contributed by atoms with Gasteiger partial charge in [-0.05, 0) is 45.7 Å². The average Bonchev–Trinajstić information content (AvgIpc) is 3.24. The summed E-state index contributed by atoms with van der Waals surface area (Å²) in [6.45, 7) is 7.37. The Balaban J connectivity index is 1.45. The van der Waals surface area contributed by atoms with E-state index in [1.54, 1.807) is 17.1 Å². The highest BCUT2D eigenvalue weighted by atomic mass is 16.5. The van der Waals surface area contributed by atoms with Crippen molar-refractivity contribution in [2.45, 2.75) is 51.9 Å². The Labute approximate surface area is 154 Å². The normalized spacial score (nSPS) is 26.1. The molecule has 26 heavy (non-hydrogen) atoms. The van der Waals surface area contributed by atoms with Crippen LogP contribution in [0.3, 0.4) is 0 Å². The lowest BCUT2D eigenvalue weighted by Crippen LogP contribution is -2.49. The second-order valence-electron chi connectivity index (χ2n) is 7.43. The van der Waals surface area contributed by atoms with E-state index in [0.29, 0.717) is 31.1 Å². The van der Waals surface area contributed by atoms with Gasteiger partial charge in [-0.1, -0.05) is 0 Å². The van der Waals surface area contributed by atoms with E-state index < -0.39 is 0 Å². The summed E-state index contributed by atoms with van der Waals surface area (Å²) < 4.78 is 7.23. The van der Waals surface area contributed by atoms with Gasteiger partial charge in [-0.2, -0.15) is 5.10 Å². The number of hydrogen-bond acceptors (Lipinski definition) is 5. The summed E-state index contributed by atoms with van der Waals surface area (Å²) in [5, 5.41) is 10.4. The van der Waals surface area contributed by atoms with E-state index in [4.69, 9.17) is 4.74 Å². The summed E-state index contributed by atoms with van der Waals surface area (Å²) in [5.74, 6) is 0.611. The Morgan fingerprint density at radius 2 is 2.12 bits per heavy atom. The van der Waals surface area contributed by atoms with Crippen LogP contribution in [-0.4, -0.2) is 64.9 Å². The number of nitrogens with one attached hydrogen (secondary N) is 2. The number of nitrogens with zero attached hydrogens (tertiary/aromatic N) is 3. The van der Waals surface area contributed by atoms with Crippen LogP contribution in [0, 0.1) is 5.92 Å². The summed E-state index contributed by atoms with van der Waals surface area (Å²) in [4.78, 5) is 26.3. The van der Waals surface area contributed by atoms with Gasteiger partial charge in [0.15, 0.2) is 0 Å². The zero-order valence-corrected chi connectivity index (χ0v) is 15.6. The number of rotatable bonds is 6. The summed E-state index contributed by atoms with van der Waals surface area (Å²) in [5.41, 5.74) is 0.635. The van der Waals surface area contributed by atoms with Gasteiger partial charge in [0.05, 0.1) is 24.1 Å². The molecule has 0 aliphatic carbocycles. The Morgan fingerprint density at radius 1 is 1.35 bits per heavy atom. The molecule has 1 aromatic heterocycles. The van der Waals surface area contributed by atoms with Crippen LogP contribution in [0.2, 0.25) is 0 Å². The molecule has 2 N–H and O–H groups in total. The maximum atomic E-state index is 12.5. The average molecular weight is 363 g/mol. The lowest BCUT2D eigenvalue weighted by molar-refractivity contribution is -0.144. The molecule has 2 saturated heterocycles. The highest BCUT2D eigenvalue weighted by molar-refractivity contribution is 5.90. The largest absolute Gasteiger partial charge is 0.372 e. The van der Waals surface area contributed by atoms with E-state index in [2.05, 4.69) is 15.7 Å². The van der Waals surface area contributed by atoms with E-state index in [1.807, 2.05) is 18.7 Å². The lowest BCUT2D eigenvalue weighted by atomic mass is 10.0. The molecule has 8 nitrogen and oxygen atoms in total. The second-order valence-corrected chi connectivity index (χ2v) is 7.43. The third kappa shape index (κ3) is 5.28. The summed E-state index contributed by atoms with van der Waals surface area (Å²) in [6.07, 6.45) is 5.95. The summed E-state index contributed by atoms with van der Waals surface area (Å²) in [7, 11) is 0. The molecule has 1 aromatic rings. The van der Waals surface area contributed by atoms with Crippen molar-refractivity contribution in [2.75, 3.05) is 31.5 Å². The highest BCUT2D eigenvalue weighted by Gasteiger charge is 2.26. The number of anilines is 1. The number of morpholine rings is 1. The van der Waals surface area contributed by atoms with Crippen LogP contribution in [0.5, 0.6) is 0 Å². The standard InChI is InChI=1S/C18H29N5O3/c1-13-9-22(10-14(2)26-13)18(25)12-23-11-16(8-20-23)21-17(24)4-3-15-5-6-19-7-15/h8,11,13-15,19H,3-7,9-10,12H2,1-2H3,(H,21,24). The molecular formula is C18H29N5O3. The van der Waals surface area contributed by atoms with Crippen LogP contribution in [0.15, 0.2) is 12.4 Å². The number of aromatic nitrogens is 2. The van der Waals surface area contributed by atoms with Crippen molar-refractivity contribution in [3.05, 3.63) is 12.4 Å². The predicted octanol–water partition coefficient (Wildman–Crippen LogP) is 0.847. The molecule has 0 spiro atoms. The zero-order chi connectivity index (χ0) is 18.5. The number of carbonyl (C=O) groups is 2. The SMILES string of the molecule is CC1CN(C(=O)Cn2cc(NC(=O)CCC3CCNC3)cn2)CC(C)O1. The zero-order valence-electron chi connectivity index (χ0n) is 15.6. The first-order chi connectivity index (χ1) is 12.5. The fourth-order valence-electron chi connectivity index (χ4n) is 3.65. The molecule has 0 saturated carbocycles. The Hall–Kier alpha value is -1.93. The van der Waals surface area contributed by atoms with Gasteiger partial charge in [0.1, 0.15) is 6.54 Å². The van der Waals surface area contributed by atoms with Crippen LogP contribution < -0.4 is 10.6 Å². The molecule has 2 fully saturated rings. The van der Waals surface area contributed by atoms with E-state index in [-0.39, 0.29) is 30.6 Å². The number of amides is 2. The first-order valence-electron chi connectivity index (χ1n) is 9.46. The van der Waals surface area contributed by atoms with Crippen molar-refractivity contribution < 1.29 is 14.3 Å². The maximum absolute atomic E-state index is 12.5. The Morgan fingerprint density at radius 3 is 2.81 bits per heavy atom. The lowest BCUT2D eigenvalue weighted by Gasteiger charge is -2.35. The van der Waals surface area contributed by atoms with Crippen LogP contribution in [-0.2, 0) is 20.9 Å². The van der Waals surface area contributed by atoms with Crippen LogP contribution in [0.4, 0.5) is 5.69 Å². The first kappa shape index (κ1) is 18.8. The quantitative estimate of drug-likeness (QED) is 0.782. The minimum Gasteiger partial charge on any atom is -0.372 e. The molecule has 3 unspecified atom stereocenters. The fourth-order valence-corrected chi connectivity index (χ4v) is 3.65. The van der Waals surface area contributed by atoms with E-state index >= 15 is 0 Å². The molecule has 3 atom stereocenters. The monoisotopic (exact) mass is 363 g/mol. The Kier molecular flexibility index (Phi) is 6.26. The topological polar surface area (TPSA) is 88.5 Å². The number of carbonyl (C=O) groups excluding carboxylic acids is 2. The predicted molar refractivity (Wildman–Crippen MR) is 97.7 cm³/mol. The van der Waals surface area contributed by atoms with Gasteiger partial charge in [-0.3, -0.25) is 14.3 Å². The fraction of sp³-hybridized carbons (Fsp3) is 0.722. The molecule has 0 bridgehead atoms. The maximum Gasteiger partial charge on any atom is 0.244 e. The molecule has 0 aromatic carbocycles. The van der Waals surface area contributed by atoms with Gasteiger partial charge in [0.25, 0.3) is 0 Å². The first-order valence-corrected chi connectivity index (χ1v) is 9.46.